The molecule has 35 heavy (non-hydrogen) atoms. The van der Waals surface area contributed by atoms with E-state index in [-0.39, 0.29) is 0 Å². The van der Waals surface area contributed by atoms with Crippen molar-refractivity contribution in [2.45, 2.75) is 32.6 Å². The Morgan fingerprint density at radius 1 is 0.400 bits per heavy atom. The van der Waals surface area contributed by atoms with E-state index in [9.17, 15) is 0 Å². The Morgan fingerprint density at radius 2 is 0.943 bits per heavy atom. The van der Waals surface area contributed by atoms with Gasteiger partial charge in [-0.2, -0.15) is 0 Å². The van der Waals surface area contributed by atoms with Crippen LogP contribution in [0.5, 0.6) is 0 Å². The second kappa shape index (κ2) is 6.20. The average molecular weight is 445 g/mol. The van der Waals surface area contributed by atoms with Crippen LogP contribution in [-0.2, 0) is 25.7 Å². The molecule has 0 nitrogen and oxygen atoms in total. The van der Waals surface area contributed by atoms with Crippen molar-refractivity contribution >= 4 is 0 Å². The van der Waals surface area contributed by atoms with Gasteiger partial charge < -0.3 is 0 Å². The molecule has 9 rings (SSSR count). The third-order valence-corrected chi connectivity index (χ3v) is 9.11. The fourth-order valence-electron chi connectivity index (χ4n) is 7.77. The standard InChI is InChI=1S/C35H24/c1-19-14-24-18-30-27(33(24)31-16-21-7-3-4-8-25(21)32(19)31)12-13-28-29(30)17-23-11-10-22-15-20-6-2-5-9-26(20)34(22)35(23)28/h2-14H,15-18H2,1H3. The molecule has 0 atom stereocenters. The molecule has 0 unspecified atom stereocenters. The lowest BCUT2D eigenvalue weighted by molar-refractivity contribution is 1.16. The first-order chi connectivity index (χ1) is 17.3. The highest BCUT2D eigenvalue weighted by Crippen LogP contribution is 2.54. The van der Waals surface area contributed by atoms with E-state index in [1.54, 1.807) is 16.7 Å². The number of aryl methyl sites for hydroxylation is 1. The van der Waals surface area contributed by atoms with Crippen molar-refractivity contribution in [3.8, 4) is 44.5 Å². The van der Waals surface area contributed by atoms with Crippen LogP contribution in [-0.4, -0.2) is 0 Å². The summed E-state index contributed by atoms with van der Waals surface area (Å²) in [7, 11) is 0. The number of rotatable bonds is 0. The fourth-order valence-corrected chi connectivity index (χ4v) is 7.77. The molecule has 5 aromatic carbocycles. The van der Waals surface area contributed by atoms with Crippen LogP contribution in [0.2, 0.25) is 0 Å². The third kappa shape index (κ3) is 2.19. The van der Waals surface area contributed by atoms with Gasteiger partial charge in [-0.1, -0.05) is 78.9 Å². The zero-order valence-corrected chi connectivity index (χ0v) is 19.8. The highest BCUT2D eigenvalue weighted by Gasteiger charge is 2.35. The molecule has 4 aliphatic carbocycles. The highest BCUT2D eigenvalue weighted by molar-refractivity contribution is 5.99. The van der Waals surface area contributed by atoms with Gasteiger partial charge in [0, 0.05) is 0 Å². The molecule has 5 aromatic rings. The first-order valence-electron chi connectivity index (χ1n) is 12.9. The van der Waals surface area contributed by atoms with Crippen molar-refractivity contribution in [3.63, 3.8) is 0 Å². The van der Waals surface area contributed by atoms with Crippen LogP contribution in [0.3, 0.4) is 0 Å². The van der Waals surface area contributed by atoms with Crippen molar-refractivity contribution in [2.75, 3.05) is 0 Å². The zero-order chi connectivity index (χ0) is 22.8. The molecule has 0 radical (unpaired) electrons. The zero-order valence-electron chi connectivity index (χ0n) is 19.8. The molecule has 0 saturated carbocycles. The Kier molecular flexibility index (Phi) is 3.27. The molecular formula is C35H24. The Morgan fingerprint density at radius 3 is 1.71 bits per heavy atom. The van der Waals surface area contributed by atoms with Gasteiger partial charge in [-0.25, -0.2) is 0 Å². The summed E-state index contributed by atoms with van der Waals surface area (Å²) >= 11 is 0. The lowest BCUT2D eigenvalue weighted by Gasteiger charge is -2.13. The largest absolute Gasteiger partial charge is 0.0619 e. The minimum atomic E-state index is 1.07. The number of benzene rings is 5. The van der Waals surface area contributed by atoms with E-state index in [0.29, 0.717) is 0 Å². The monoisotopic (exact) mass is 444 g/mol. The maximum atomic E-state index is 2.48. The normalized spacial score (nSPS) is 14.5. The molecule has 0 aliphatic heterocycles. The lowest BCUT2D eigenvalue weighted by Crippen LogP contribution is -1.92. The van der Waals surface area contributed by atoms with Gasteiger partial charge in [-0.3, -0.25) is 0 Å². The average Bonchev–Trinajstić information content (AvgIpc) is 3.62. The minimum absolute atomic E-state index is 1.07. The van der Waals surface area contributed by atoms with Crippen LogP contribution < -0.4 is 0 Å². The molecule has 0 amide bonds. The Labute approximate surface area is 205 Å². The lowest BCUT2D eigenvalue weighted by atomic mass is 9.90. The molecule has 0 saturated heterocycles. The van der Waals surface area contributed by atoms with Crippen LogP contribution in [0, 0.1) is 6.92 Å². The summed E-state index contributed by atoms with van der Waals surface area (Å²) in [6, 6.07) is 30.2. The molecule has 0 aromatic heterocycles. The number of hydrogen-bond donors (Lipinski definition) is 0. The summed E-state index contributed by atoms with van der Waals surface area (Å²) in [5.74, 6) is 0. The first-order valence-corrected chi connectivity index (χ1v) is 12.9. The van der Waals surface area contributed by atoms with Gasteiger partial charge in [0.05, 0.1) is 0 Å². The highest BCUT2D eigenvalue weighted by atomic mass is 14.4. The van der Waals surface area contributed by atoms with Gasteiger partial charge in [0.1, 0.15) is 0 Å². The van der Waals surface area contributed by atoms with Gasteiger partial charge in [-0.15, -0.1) is 0 Å². The molecule has 4 aliphatic rings. The van der Waals surface area contributed by atoms with Crippen molar-refractivity contribution in [1.29, 1.82) is 0 Å². The quantitative estimate of drug-likeness (QED) is 0.221. The van der Waals surface area contributed by atoms with Crippen molar-refractivity contribution in [3.05, 3.63) is 129 Å². The van der Waals surface area contributed by atoms with E-state index in [1.165, 1.54) is 77.9 Å². The third-order valence-electron chi connectivity index (χ3n) is 9.11. The van der Waals surface area contributed by atoms with Gasteiger partial charge in [0.2, 0.25) is 0 Å². The molecule has 0 spiro atoms. The minimum Gasteiger partial charge on any atom is -0.0619 e. The van der Waals surface area contributed by atoms with E-state index in [4.69, 9.17) is 0 Å². The molecule has 0 heteroatoms. The van der Waals surface area contributed by atoms with Gasteiger partial charge in [0.15, 0.2) is 0 Å². The topological polar surface area (TPSA) is 0 Å². The van der Waals surface area contributed by atoms with Gasteiger partial charge in [0.25, 0.3) is 0 Å². The van der Waals surface area contributed by atoms with Crippen LogP contribution in [0.25, 0.3) is 44.5 Å². The second-order valence-corrected chi connectivity index (χ2v) is 10.9. The van der Waals surface area contributed by atoms with E-state index >= 15 is 0 Å². The van der Waals surface area contributed by atoms with E-state index < -0.39 is 0 Å². The van der Waals surface area contributed by atoms with Gasteiger partial charge in [-0.05, 0) is 127 Å². The molecular weight excluding hydrogens is 420 g/mol. The van der Waals surface area contributed by atoms with E-state index in [0.717, 1.165) is 25.7 Å². The molecule has 0 fully saturated rings. The summed E-state index contributed by atoms with van der Waals surface area (Å²) in [5.41, 5.74) is 25.5. The van der Waals surface area contributed by atoms with E-state index in [1.807, 2.05) is 0 Å². The maximum absolute atomic E-state index is 2.48. The Balaban J connectivity index is 1.26. The molecule has 0 bridgehead atoms. The summed E-state index contributed by atoms with van der Waals surface area (Å²) in [6.07, 6.45) is 4.27. The summed E-state index contributed by atoms with van der Waals surface area (Å²) in [4.78, 5) is 0. The number of fused-ring (bicyclic) bond motifs is 15. The van der Waals surface area contributed by atoms with E-state index in [2.05, 4.69) is 85.8 Å². The van der Waals surface area contributed by atoms with Gasteiger partial charge >= 0.3 is 0 Å². The second-order valence-electron chi connectivity index (χ2n) is 10.9. The van der Waals surface area contributed by atoms with Crippen LogP contribution in [0.1, 0.15) is 50.1 Å². The molecule has 0 N–H and O–H groups in total. The SMILES string of the molecule is Cc1cc2c(c3c1-c1ccccc1C3)-c1ccc3c(c1C2)Cc1ccc2c(c1-3)-c1ccccc1C2. The maximum Gasteiger partial charge on any atom is -0.000708 e. The first kappa shape index (κ1) is 18.4. The molecule has 0 heterocycles. The molecule has 164 valence electrons. The fraction of sp³-hybridized carbons (Fsp3) is 0.143. The summed E-state index contributed by atoms with van der Waals surface area (Å²) < 4.78 is 0. The van der Waals surface area contributed by atoms with Crippen molar-refractivity contribution in [2.24, 2.45) is 0 Å². The smallest absolute Gasteiger partial charge is 0.000708 e. The van der Waals surface area contributed by atoms with Crippen LogP contribution >= 0.6 is 0 Å². The van der Waals surface area contributed by atoms with Crippen LogP contribution in [0.15, 0.2) is 78.9 Å². The Bertz CT molecular complexity index is 1800. The predicted octanol–water partition coefficient (Wildman–Crippen LogP) is 8.28. The summed E-state index contributed by atoms with van der Waals surface area (Å²) in [6.45, 7) is 2.31. The van der Waals surface area contributed by atoms with Crippen LogP contribution in [0.4, 0.5) is 0 Å². The van der Waals surface area contributed by atoms with Crippen molar-refractivity contribution < 1.29 is 0 Å². The summed E-state index contributed by atoms with van der Waals surface area (Å²) in [5, 5.41) is 0. The Hall–Kier alpha value is -3.90. The number of hydrogen-bond acceptors (Lipinski definition) is 0. The predicted molar refractivity (Wildman–Crippen MR) is 144 cm³/mol. The van der Waals surface area contributed by atoms with Crippen molar-refractivity contribution in [1.82, 2.24) is 0 Å².